The van der Waals surface area contributed by atoms with Crippen LogP contribution in [-0.4, -0.2) is 48.8 Å². The molecular weight excluding hydrogens is 497 g/mol. The van der Waals surface area contributed by atoms with E-state index in [0.717, 1.165) is 62.3 Å². The van der Waals surface area contributed by atoms with E-state index in [0.29, 0.717) is 13.3 Å². The average Bonchev–Trinajstić information content (AvgIpc) is 3.39. The third-order valence-corrected chi connectivity index (χ3v) is 5.69. The third kappa shape index (κ3) is 5.00. The molecule has 164 valence electrons. The van der Waals surface area contributed by atoms with Gasteiger partial charge in [0.15, 0.2) is 17.5 Å². The molecule has 30 heavy (non-hydrogen) atoms. The molecule has 1 fully saturated rings. The van der Waals surface area contributed by atoms with Crippen molar-refractivity contribution in [1.82, 2.24) is 20.4 Å². The van der Waals surface area contributed by atoms with E-state index >= 15 is 0 Å². The molecule has 1 aromatic heterocycles. The molecule has 0 unspecified atom stereocenters. The van der Waals surface area contributed by atoms with E-state index in [-0.39, 0.29) is 29.4 Å². The zero-order valence-corrected chi connectivity index (χ0v) is 19.8. The van der Waals surface area contributed by atoms with Crippen molar-refractivity contribution in [3.63, 3.8) is 0 Å². The number of nitrogens with one attached hydrogen (secondary N) is 2. The number of rotatable bonds is 6. The molecule has 0 radical (unpaired) electrons. The van der Waals surface area contributed by atoms with Crippen LogP contribution < -0.4 is 20.1 Å². The highest BCUT2D eigenvalue weighted by Crippen LogP contribution is 2.40. The molecule has 9 heteroatoms. The number of aryl methyl sites for hydroxylation is 1. The Balaban J connectivity index is 0.00000256. The molecule has 2 aliphatic heterocycles. The number of guanidine groups is 1. The van der Waals surface area contributed by atoms with Gasteiger partial charge in [-0.2, -0.15) is 5.10 Å². The smallest absolute Gasteiger partial charge is 0.231 e. The average molecular weight is 527 g/mol. The van der Waals surface area contributed by atoms with Crippen LogP contribution in [0.1, 0.15) is 31.0 Å². The Morgan fingerprint density at radius 3 is 2.70 bits per heavy atom. The van der Waals surface area contributed by atoms with Gasteiger partial charge in [-0.15, -0.1) is 24.0 Å². The molecule has 3 heterocycles. The number of ether oxygens (including phenoxy) is 3. The van der Waals surface area contributed by atoms with Crippen LogP contribution in [0.3, 0.4) is 0 Å². The van der Waals surface area contributed by atoms with Crippen LogP contribution in [0.15, 0.2) is 35.5 Å². The molecule has 0 aliphatic carbocycles. The largest absolute Gasteiger partial charge is 0.454 e. The van der Waals surface area contributed by atoms with Gasteiger partial charge in [0, 0.05) is 45.0 Å². The van der Waals surface area contributed by atoms with Gasteiger partial charge in [-0.1, -0.05) is 6.07 Å². The van der Waals surface area contributed by atoms with Crippen LogP contribution in [0.2, 0.25) is 0 Å². The summed E-state index contributed by atoms with van der Waals surface area (Å²) < 4.78 is 18.6. The summed E-state index contributed by atoms with van der Waals surface area (Å²) >= 11 is 0. The predicted octanol–water partition coefficient (Wildman–Crippen LogP) is 2.57. The van der Waals surface area contributed by atoms with E-state index in [1.807, 2.05) is 23.9 Å². The van der Waals surface area contributed by atoms with E-state index in [9.17, 15) is 0 Å². The Morgan fingerprint density at radius 1 is 1.17 bits per heavy atom. The summed E-state index contributed by atoms with van der Waals surface area (Å²) in [5.74, 6) is 2.44. The van der Waals surface area contributed by atoms with Gasteiger partial charge in [0.1, 0.15) is 0 Å². The minimum atomic E-state index is -0.0397. The zero-order chi connectivity index (χ0) is 20.1. The number of hydrogen-bond acceptors (Lipinski definition) is 5. The van der Waals surface area contributed by atoms with Crippen molar-refractivity contribution in [3.8, 4) is 11.5 Å². The SMILES string of the molecule is CCNC(=NCc1ccnn1C)NCC1(c2ccc3c(c2)OCO3)CCOCC1.I. The number of hydrogen-bond donors (Lipinski definition) is 2. The summed E-state index contributed by atoms with van der Waals surface area (Å²) in [7, 11) is 1.93. The van der Waals surface area contributed by atoms with Crippen molar-refractivity contribution < 1.29 is 14.2 Å². The number of benzene rings is 1. The topological polar surface area (TPSA) is 81.9 Å². The van der Waals surface area contributed by atoms with Gasteiger partial charge in [-0.25, -0.2) is 4.99 Å². The molecule has 0 bridgehead atoms. The normalized spacial score (nSPS) is 17.3. The maximum absolute atomic E-state index is 5.66. The number of aromatic nitrogens is 2. The molecule has 2 aromatic rings. The quantitative estimate of drug-likeness (QED) is 0.342. The van der Waals surface area contributed by atoms with Crippen LogP contribution in [0, 0.1) is 0 Å². The zero-order valence-electron chi connectivity index (χ0n) is 17.5. The van der Waals surface area contributed by atoms with Crippen LogP contribution in [0.25, 0.3) is 0 Å². The minimum absolute atomic E-state index is 0. The molecule has 8 nitrogen and oxygen atoms in total. The lowest BCUT2D eigenvalue weighted by Crippen LogP contribution is -2.48. The molecule has 0 atom stereocenters. The Morgan fingerprint density at radius 2 is 1.97 bits per heavy atom. The summed E-state index contributed by atoms with van der Waals surface area (Å²) in [6, 6.07) is 8.27. The van der Waals surface area contributed by atoms with E-state index in [2.05, 4.69) is 34.8 Å². The molecule has 4 rings (SSSR count). The van der Waals surface area contributed by atoms with Gasteiger partial charge in [0.05, 0.1) is 12.2 Å². The fourth-order valence-electron chi connectivity index (χ4n) is 3.87. The maximum Gasteiger partial charge on any atom is 0.231 e. The molecule has 0 saturated carbocycles. The second-order valence-corrected chi connectivity index (χ2v) is 7.46. The number of halogens is 1. The van der Waals surface area contributed by atoms with Gasteiger partial charge in [0.2, 0.25) is 6.79 Å². The van der Waals surface area contributed by atoms with Gasteiger partial charge >= 0.3 is 0 Å². The van der Waals surface area contributed by atoms with E-state index in [4.69, 9.17) is 19.2 Å². The Labute approximate surface area is 194 Å². The fraction of sp³-hybridized carbons (Fsp3) is 0.524. The van der Waals surface area contributed by atoms with Gasteiger partial charge < -0.3 is 24.8 Å². The molecule has 0 spiro atoms. The highest BCUT2D eigenvalue weighted by molar-refractivity contribution is 14.0. The molecule has 2 N–H and O–H groups in total. The van der Waals surface area contributed by atoms with Crippen LogP contribution in [0.5, 0.6) is 11.5 Å². The maximum atomic E-state index is 5.66. The second kappa shape index (κ2) is 10.3. The first kappa shape index (κ1) is 22.7. The fourth-order valence-corrected chi connectivity index (χ4v) is 3.87. The number of fused-ring (bicyclic) bond motifs is 1. The first-order valence-corrected chi connectivity index (χ1v) is 10.2. The second-order valence-electron chi connectivity index (χ2n) is 7.46. The van der Waals surface area contributed by atoms with Crippen LogP contribution in [0.4, 0.5) is 0 Å². The Kier molecular flexibility index (Phi) is 7.81. The van der Waals surface area contributed by atoms with Crippen molar-refractivity contribution in [2.75, 3.05) is 33.1 Å². The summed E-state index contributed by atoms with van der Waals surface area (Å²) in [6.07, 6.45) is 3.68. The first-order chi connectivity index (χ1) is 14.2. The molecular formula is C21H30IN5O3. The molecule has 1 aromatic carbocycles. The van der Waals surface area contributed by atoms with Crippen molar-refractivity contribution in [3.05, 3.63) is 41.7 Å². The van der Waals surface area contributed by atoms with E-state index in [1.54, 1.807) is 6.20 Å². The highest BCUT2D eigenvalue weighted by Gasteiger charge is 2.35. The Bertz CT molecular complexity index is 864. The van der Waals surface area contributed by atoms with E-state index < -0.39 is 0 Å². The summed E-state index contributed by atoms with van der Waals surface area (Å²) in [5, 5.41) is 11.1. The summed E-state index contributed by atoms with van der Waals surface area (Å²) in [6.45, 7) is 6.01. The van der Waals surface area contributed by atoms with Crippen molar-refractivity contribution in [1.29, 1.82) is 0 Å². The third-order valence-electron chi connectivity index (χ3n) is 5.69. The highest BCUT2D eigenvalue weighted by atomic mass is 127. The first-order valence-electron chi connectivity index (χ1n) is 10.2. The van der Waals surface area contributed by atoms with Crippen molar-refractivity contribution >= 4 is 29.9 Å². The summed E-state index contributed by atoms with van der Waals surface area (Å²) in [4.78, 5) is 4.74. The predicted molar refractivity (Wildman–Crippen MR) is 126 cm³/mol. The number of nitrogens with zero attached hydrogens (tertiary/aromatic N) is 3. The molecule has 1 saturated heterocycles. The lowest BCUT2D eigenvalue weighted by atomic mass is 9.74. The van der Waals surface area contributed by atoms with Gasteiger partial charge in [0.25, 0.3) is 0 Å². The summed E-state index contributed by atoms with van der Waals surface area (Å²) in [5.41, 5.74) is 2.28. The van der Waals surface area contributed by atoms with Crippen LogP contribution >= 0.6 is 24.0 Å². The molecule has 2 aliphatic rings. The molecule has 0 amide bonds. The monoisotopic (exact) mass is 527 g/mol. The van der Waals surface area contributed by atoms with Gasteiger partial charge in [-0.3, -0.25) is 4.68 Å². The van der Waals surface area contributed by atoms with Crippen LogP contribution in [-0.2, 0) is 23.7 Å². The Hall–Kier alpha value is -2.01. The standard InChI is InChI=1S/C21H29N5O3.HI/c1-3-22-20(23-13-17-6-9-25-26(17)2)24-14-21(7-10-27-11-8-21)16-4-5-18-19(12-16)29-15-28-18;/h4-6,9,12H,3,7-8,10-11,13-15H2,1-2H3,(H2,22,23,24);1H. The lowest BCUT2D eigenvalue weighted by Gasteiger charge is -2.38. The number of aliphatic imine (C=N–C) groups is 1. The van der Waals surface area contributed by atoms with Crippen molar-refractivity contribution in [2.45, 2.75) is 31.7 Å². The van der Waals surface area contributed by atoms with E-state index in [1.165, 1.54) is 5.56 Å². The van der Waals surface area contributed by atoms with Crippen molar-refractivity contribution in [2.24, 2.45) is 12.0 Å². The minimum Gasteiger partial charge on any atom is -0.454 e. The van der Waals surface area contributed by atoms with Gasteiger partial charge in [-0.05, 0) is 43.5 Å². The lowest BCUT2D eigenvalue weighted by molar-refractivity contribution is 0.0513.